The van der Waals surface area contributed by atoms with E-state index in [2.05, 4.69) is 5.32 Å². The Labute approximate surface area is 180 Å². The molecular weight excluding hydrogens is 433 g/mol. The summed E-state index contributed by atoms with van der Waals surface area (Å²) in [6.45, 7) is 0.309. The molecular formula is C21H19F3N2O4S. The molecule has 2 amide bonds. The number of carbonyl (C=O) groups excluding carboxylic acids is 3. The van der Waals surface area contributed by atoms with Crippen LogP contribution in [0.25, 0.3) is 0 Å². The zero-order valence-electron chi connectivity index (χ0n) is 16.2. The van der Waals surface area contributed by atoms with E-state index in [-0.39, 0.29) is 30.5 Å². The minimum Gasteiger partial charge on any atom is -0.368 e. The van der Waals surface area contributed by atoms with Crippen molar-refractivity contribution in [3.8, 4) is 0 Å². The Bertz CT molecular complexity index is 976. The maximum atomic E-state index is 13.3. The smallest absolute Gasteiger partial charge is 0.368 e. The van der Waals surface area contributed by atoms with Crippen molar-refractivity contribution in [2.24, 2.45) is 0 Å². The van der Waals surface area contributed by atoms with Crippen LogP contribution in [0.1, 0.15) is 27.2 Å². The Morgan fingerprint density at radius 3 is 2.61 bits per heavy atom. The van der Waals surface area contributed by atoms with Crippen molar-refractivity contribution >= 4 is 28.9 Å². The topological polar surface area (TPSA) is 75.7 Å². The van der Waals surface area contributed by atoms with Gasteiger partial charge in [-0.3, -0.25) is 14.4 Å². The van der Waals surface area contributed by atoms with E-state index in [0.29, 0.717) is 13.0 Å². The summed E-state index contributed by atoms with van der Waals surface area (Å²) in [5.74, 6) is -1.23. The number of fused-ring (bicyclic) bond motifs is 1. The predicted molar refractivity (Wildman–Crippen MR) is 106 cm³/mol. The van der Waals surface area contributed by atoms with Gasteiger partial charge in [0, 0.05) is 23.4 Å². The van der Waals surface area contributed by atoms with Crippen molar-refractivity contribution < 1.29 is 32.3 Å². The lowest BCUT2D eigenvalue weighted by molar-refractivity contribution is -0.138. The van der Waals surface area contributed by atoms with Gasteiger partial charge >= 0.3 is 6.18 Å². The zero-order valence-corrected chi connectivity index (χ0v) is 17.0. The first-order valence-electron chi connectivity index (χ1n) is 9.69. The van der Waals surface area contributed by atoms with E-state index >= 15 is 0 Å². The molecule has 2 aliphatic heterocycles. The summed E-state index contributed by atoms with van der Waals surface area (Å²) in [5.41, 5.74) is -0.852. The van der Waals surface area contributed by atoms with Gasteiger partial charge in [-0.05, 0) is 42.1 Å². The molecule has 3 atom stereocenters. The largest absolute Gasteiger partial charge is 0.416 e. The average molecular weight is 452 g/mol. The molecule has 10 heteroatoms. The van der Waals surface area contributed by atoms with E-state index in [4.69, 9.17) is 4.74 Å². The third-order valence-corrected chi connectivity index (χ3v) is 6.36. The number of ether oxygens (including phenoxy) is 1. The van der Waals surface area contributed by atoms with Gasteiger partial charge in [-0.15, -0.1) is 11.3 Å². The number of likely N-dealkylation sites (tertiary alicyclic amines) is 1. The Morgan fingerprint density at radius 1 is 1.23 bits per heavy atom. The minimum atomic E-state index is -4.51. The van der Waals surface area contributed by atoms with Crippen molar-refractivity contribution in [2.75, 3.05) is 13.2 Å². The molecule has 1 N–H and O–H groups in total. The Morgan fingerprint density at radius 2 is 1.97 bits per heavy atom. The van der Waals surface area contributed by atoms with E-state index in [1.165, 1.54) is 16.2 Å². The van der Waals surface area contributed by atoms with Crippen LogP contribution in [0.4, 0.5) is 13.2 Å². The molecule has 0 radical (unpaired) electrons. The second-order valence-electron chi connectivity index (χ2n) is 7.47. The number of halogens is 3. The second kappa shape index (κ2) is 8.43. The van der Waals surface area contributed by atoms with Crippen molar-refractivity contribution in [1.82, 2.24) is 10.2 Å². The van der Waals surface area contributed by atoms with Crippen molar-refractivity contribution in [1.29, 1.82) is 0 Å². The van der Waals surface area contributed by atoms with E-state index < -0.39 is 35.6 Å². The van der Waals surface area contributed by atoms with E-state index in [1.807, 2.05) is 17.5 Å². The Kier molecular flexibility index (Phi) is 5.85. The molecule has 1 aromatic heterocycles. The first-order chi connectivity index (χ1) is 14.7. The summed E-state index contributed by atoms with van der Waals surface area (Å²) in [4.78, 5) is 40.5. The normalized spacial score (nSPS) is 21.8. The molecule has 0 bridgehead atoms. The van der Waals surface area contributed by atoms with Gasteiger partial charge in [0.2, 0.25) is 5.91 Å². The van der Waals surface area contributed by atoms with Crippen LogP contribution >= 0.6 is 11.3 Å². The monoisotopic (exact) mass is 452 g/mol. The van der Waals surface area contributed by atoms with Gasteiger partial charge < -0.3 is 15.0 Å². The SMILES string of the molecule is O=C(NC(Cc1cccs1)C(=O)N1CCC2OCC(=O)C21)c1ccc(C(F)(F)F)cc1. The quantitative estimate of drug-likeness (QED) is 0.757. The van der Waals surface area contributed by atoms with Crippen LogP contribution < -0.4 is 5.32 Å². The fourth-order valence-electron chi connectivity index (χ4n) is 3.92. The number of ketones is 1. The summed E-state index contributed by atoms with van der Waals surface area (Å²) in [5, 5.41) is 4.49. The third kappa shape index (κ3) is 4.49. The molecule has 31 heavy (non-hydrogen) atoms. The highest BCUT2D eigenvalue weighted by atomic mass is 32.1. The van der Waals surface area contributed by atoms with Crippen LogP contribution in [0, 0.1) is 0 Å². The van der Waals surface area contributed by atoms with Gasteiger partial charge in [-0.25, -0.2) is 0 Å². The Balaban J connectivity index is 1.53. The maximum Gasteiger partial charge on any atom is 0.416 e. The second-order valence-corrected chi connectivity index (χ2v) is 8.50. The molecule has 1 aromatic carbocycles. The number of rotatable bonds is 5. The summed E-state index contributed by atoms with van der Waals surface area (Å²) >= 11 is 1.42. The van der Waals surface area contributed by atoms with Gasteiger partial charge in [0.05, 0.1) is 11.7 Å². The molecule has 4 rings (SSSR count). The van der Waals surface area contributed by atoms with Gasteiger partial charge in [0.15, 0.2) is 5.78 Å². The molecule has 2 saturated heterocycles. The van der Waals surface area contributed by atoms with Crippen LogP contribution in [-0.2, 0) is 26.9 Å². The fourth-order valence-corrected chi connectivity index (χ4v) is 4.68. The number of alkyl halides is 3. The van der Waals surface area contributed by atoms with Crippen LogP contribution in [0.5, 0.6) is 0 Å². The molecule has 2 fully saturated rings. The minimum absolute atomic E-state index is 0.0107. The number of amides is 2. The number of hydrogen-bond acceptors (Lipinski definition) is 5. The molecule has 6 nitrogen and oxygen atoms in total. The lowest BCUT2D eigenvalue weighted by Crippen LogP contribution is -2.53. The van der Waals surface area contributed by atoms with Crippen LogP contribution in [0.2, 0.25) is 0 Å². The molecule has 0 spiro atoms. The van der Waals surface area contributed by atoms with E-state index in [1.54, 1.807) is 0 Å². The summed E-state index contributed by atoms with van der Waals surface area (Å²) in [6, 6.07) is 5.83. The summed E-state index contributed by atoms with van der Waals surface area (Å²) < 4.78 is 43.7. The standard InChI is InChI=1S/C21H19F3N2O4S/c22-21(23,24)13-5-3-12(4-6-13)19(28)25-15(10-14-2-1-9-31-14)20(29)26-8-7-17-18(26)16(27)11-30-17/h1-6,9,15,17-18H,7-8,10-11H2,(H,25,28). The van der Waals surface area contributed by atoms with Crippen molar-refractivity contribution in [3.05, 3.63) is 57.8 Å². The highest BCUT2D eigenvalue weighted by Gasteiger charge is 2.48. The fraction of sp³-hybridized carbons (Fsp3) is 0.381. The first-order valence-corrected chi connectivity index (χ1v) is 10.6. The molecule has 164 valence electrons. The summed E-state index contributed by atoms with van der Waals surface area (Å²) in [7, 11) is 0. The first kappa shape index (κ1) is 21.5. The van der Waals surface area contributed by atoms with Gasteiger partial charge in [-0.2, -0.15) is 13.2 Å². The number of benzene rings is 1. The zero-order chi connectivity index (χ0) is 22.2. The average Bonchev–Trinajstić information content (AvgIpc) is 3.46. The van der Waals surface area contributed by atoms with Crippen LogP contribution in [-0.4, -0.2) is 53.8 Å². The highest BCUT2D eigenvalue weighted by molar-refractivity contribution is 7.09. The number of nitrogens with zero attached hydrogens (tertiary/aromatic N) is 1. The summed E-state index contributed by atoms with van der Waals surface area (Å²) in [6.07, 6.45) is -4.08. The lowest BCUT2D eigenvalue weighted by atomic mass is 10.1. The van der Waals surface area contributed by atoms with Gasteiger partial charge in [0.1, 0.15) is 18.7 Å². The highest BCUT2D eigenvalue weighted by Crippen LogP contribution is 2.30. The van der Waals surface area contributed by atoms with Gasteiger partial charge in [0.25, 0.3) is 5.91 Å². The van der Waals surface area contributed by atoms with Gasteiger partial charge in [-0.1, -0.05) is 6.07 Å². The van der Waals surface area contributed by atoms with E-state index in [0.717, 1.165) is 29.1 Å². The molecule has 3 heterocycles. The number of thiophene rings is 1. The lowest BCUT2D eigenvalue weighted by Gasteiger charge is -2.27. The third-order valence-electron chi connectivity index (χ3n) is 5.46. The molecule has 0 aliphatic carbocycles. The number of hydrogen-bond donors (Lipinski definition) is 1. The number of Topliss-reactive ketones (excluding diaryl/α,β-unsaturated/α-hetero) is 1. The number of nitrogens with one attached hydrogen (secondary N) is 1. The predicted octanol–water partition coefficient (Wildman–Crippen LogP) is 2.68. The van der Waals surface area contributed by atoms with Crippen LogP contribution in [0.3, 0.4) is 0 Å². The van der Waals surface area contributed by atoms with Crippen molar-refractivity contribution in [3.63, 3.8) is 0 Å². The van der Waals surface area contributed by atoms with Crippen molar-refractivity contribution in [2.45, 2.75) is 37.2 Å². The molecule has 0 saturated carbocycles. The molecule has 3 unspecified atom stereocenters. The molecule has 2 aliphatic rings. The Hall–Kier alpha value is -2.72. The van der Waals surface area contributed by atoms with Crippen LogP contribution in [0.15, 0.2) is 41.8 Å². The molecule has 2 aromatic rings. The maximum absolute atomic E-state index is 13.3. The van der Waals surface area contributed by atoms with E-state index in [9.17, 15) is 27.6 Å². The number of carbonyl (C=O) groups is 3.